The number of nitrogens with one attached hydrogen (secondary N) is 1. The Bertz CT molecular complexity index is 736. The van der Waals surface area contributed by atoms with E-state index in [9.17, 15) is 0 Å². The molecule has 0 spiro atoms. The fourth-order valence-corrected chi connectivity index (χ4v) is 2.40. The van der Waals surface area contributed by atoms with Gasteiger partial charge in [-0.25, -0.2) is 4.98 Å². The Balaban J connectivity index is 1.97. The van der Waals surface area contributed by atoms with Gasteiger partial charge >= 0.3 is 0 Å². The van der Waals surface area contributed by atoms with Gasteiger partial charge in [0.05, 0.1) is 17.1 Å². The van der Waals surface area contributed by atoms with Gasteiger partial charge in [0.1, 0.15) is 11.9 Å². The number of aromatic nitrogens is 2. The maximum Gasteiger partial charge on any atom is 0.136 e. The molecule has 0 saturated carbocycles. The summed E-state index contributed by atoms with van der Waals surface area (Å²) in [5.74, 6) is 0.831. The number of imidazole rings is 1. The summed E-state index contributed by atoms with van der Waals surface area (Å²) in [6, 6.07) is 16.0. The largest absolute Gasteiger partial charge is 0.374 e. The molecule has 0 fully saturated rings. The molecule has 0 aliphatic heterocycles. The summed E-state index contributed by atoms with van der Waals surface area (Å²) in [6.07, 6.45) is -0.0522. The number of fused-ring (bicyclic) bond motifs is 1. The number of hydrogen-bond acceptors (Lipinski definition) is 3. The molecular formula is C17H19N3O. The SMILES string of the molecule is COC(C)c1nc2ccc(C(N)c3ccccc3)cc2[nH]1. The summed E-state index contributed by atoms with van der Waals surface area (Å²) in [7, 11) is 1.68. The van der Waals surface area contributed by atoms with E-state index in [2.05, 4.69) is 16.0 Å². The van der Waals surface area contributed by atoms with Gasteiger partial charge < -0.3 is 15.5 Å². The summed E-state index contributed by atoms with van der Waals surface area (Å²) >= 11 is 0. The van der Waals surface area contributed by atoms with Crippen LogP contribution in [0.25, 0.3) is 11.0 Å². The first-order valence-electron chi connectivity index (χ1n) is 7.02. The minimum atomic E-state index is -0.137. The average molecular weight is 281 g/mol. The highest BCUT2D eigenvalue weighted by atomic mass is 16.5. The number of H-pyrrole nitrogens is 1. The first-order chi connectivity index (χ1) is 10.2. The third kappa shape index (κ3) is 2.68. The lowest BCUT2D eigenvalue weighted by atomic mass is 9.99. The van der Waals surface area contributed by atoms with Gasteiger partial charge in [0.25, 0.3) is 0 Å². The van der Waals surface area contributed by atoms with E-state index >= 15 is 0 Å². The van der Waals surface area contributed by atoms with Crippen LogP contribution < -0.4 is 5.73 Å². The molecule has 21 heavy (non-hydrogen) atoms. The summed E-state index contributed by atoms with van der Waals surface area (Å²) in [5, 5.41) is 0. The van der Waals surface area contributed by atoms with Crippen LogP contribution in [-0.4, -0.2) is 17.1 Å². The highest BCUT2D eigenvalue weighted by Crippen LogP contribution is 2.24. The van der Waals surface area contributed by atoms with E-state index in [1.54, 1.807) is 7.11 Å². The Kier molecular flexibility index (Phi) is 3.73. The number of rotatable bonds is 4. The van der Waals surface area contributed by atoms with Gasteiger partial charge in [0.15, 0.2) is 0 Å². The number of hydrogen-bond donors (Lipinski definition) is 2. The Labute approximate surface area is 124 Å². The van der Waals surface area contributed by atoms with E-state index in [1.165, 1.54) is 0 Å². The van der Waals surface area contributed by atoms with Gasteiger partial charge in [0.2, 0.25) is 0 Å². The van der Waals surface area contributed by atoms with Gasteiger partial charge in [-0.3, -0.25) is 0 Å². The molecule has 3 aromatic rings. The van der Waals surface area contributed by atoms with Crippen LogP contribution in [0, 0.1) is 0 Å². The molecule has 3 rings (SSSR count). The van der Waals surface area contributed by atoms with Crippen molar-refractivity contribution in [2.24, 2.45) is 5.73 Å². The lowest BCUT2D eigenvalue weighted by Gasteiger charge is -2.12. The standard InChI is InChI=1S/C17H19N3O/c1-11(21-2)17-19-14-9-8-13(10-15(14)20-17)16(18)12-6-4-3-5-7-12/h3-11,16H,18H2,1-2H3,(H,19,20). The van der Waals surface area contributed by atoms with Crippen LogP contribution in [0.2, 0.25) is 0 Å². The van der Waals surface area contributed by atoms with Gasteiger partial charge in [-0.2, -0.15) is 0 Å². The van der Waals surface area contributed by atoms with Gasteiger partial charge in [0, 0.05) is 7.11 Å². The molecule has 4 heteroatoms. The fourth-order valence-electron chi connectivity index (χ4n) is 2.40. The zero-order chi connectivity index (χ0) is 14.8. The van der Waals surface area contributed by atoms with E-state index in [-0.39, 0.29) is 12.1 Å². The van der Waals surface area contributed by atoms with E-state index in [0.29, 0.717) is 0 Å². The zero-order valence-electron chi connectivity index (χ0n) is 12.2. The first kappa shape index (κ1) is 13.8. The molecule has 0 saturated heterocycles. The fraction of sp³-hybridized carbons (Fsp3) is 0.235. The van der Waals surface area contributed by atoms with Gasteiger partial charge in [-0.15, -0.1) is 0 Å². The van der Waals surface area contributed by atoms with Crippen LogP contribution in [0.1, 0.15) is 36.0 Å². The number of nitrogens with two attached hydrogens (primary N) is 1. The van der Waals surface area contributed by atoms with Gasteiger partial charge in [-0.05, 0) is 30.2 Å². The van der Waals surface area contributed by atoms with Crippen molar-refractivity contribution in [1.82, 2.24) is 9.97 Å². The molecule has 0 aliphatic carbocycles. The predicted molar refractivity (Wildman–Crippen MR) is 84.0 cm³/mol. The van der Waals surface area contributed by atoms with Crippen molar-refractivity contribution in [3.8, 4) is 0 Å². The normalized spacial score (nSPS) is 14.2. The molecule has 2 atom stereocenters. The lowest BCUT2D eigenvalue weighted by Crippen LogP contribution is -2.11. The molecule has 1 aromatic heterocycles. The van der Waals surface area contributed by atoms with E-state index < -0.39 is 0 Å². The van der Waals surface area contributed by atoms with Crippen molar-refractivity contribution in [3.05, 3.63) is 65.5 Å². The van der Waals surface area contributed by atoms with Crippen LogP contribution in [-0.2, 0) is 4.74 Å². The third-order valence-electron chi connectivity index (χ3n) is 3.78. The number of benzene rings is 2. The Morgan fingerprint density at radius 1 is 1.10 bits per heavy atom. The van der Waals surface area contributed by atoms with Crippen molar-refractivity contribution in [1.29, 1.82) is 0 Å². The summed E-state index contributed by atoms with van der Waals surface area (Å²) < 4.78 is 5.29. The van der Waals surface area contributed by atoms with E-state index in [0.717, 1.165) is 28.0 Å². The smallest absolute Gasteiger partial charge is 0.136 e. The number of methoxy groups -OCH3 is 1. The molecule has 0 amide bonds. The van der Waals surface area contributed by atoms with Crippen molar-refractivity contribution >= 4 is 11.0 Å². The first-order valence-corrected chi connectivity index (χ1v) is 7.02. The molecular weight excluding hydrogens is 262 g/mol. The van der Waals surface area contributed by atoms with Crippen molar-refractivity contribution in [2.45, 2.75) is 19.1 Å². The summed E-state index contributed by atoms with van der Waals surface area (Å²) in [4.78, 5) is 7.84. The highest BCUT2D eigenvalue weighted by molar-refractivity contribution is 5.76. The molecule has 4 nitrogen and oxygen atoms in total. The topological polar surface area (TPSA) is 63.9 Å². The van der Waals surface area contributed by atoms with Crippen molar-refractivity contribution < 1.29 is 4.74 Å². The predicted octanol–water partition coefficient (Wildman–Crippen LogP) is 3.32. The molecule has 0 aliphatic rings. The third-order valence-corrected chi connectivity index (χ3v) is 3.78. The Morgan fingerprint density at radius 2 is 1.86 bits per heavy atom. The minimum Gasteiger partial charge on any atom is -0.374 e. The summed E-state index contributed by atoms with van der Waals surface area (Å²) in [6.45, 7) is 1.97. The second kappa shape index (κ2) is 5.68. The second-order valence-electron chi connectivity index (χ2n) is 5.16. The minimum absolute atomic E-state index is 0.0522. The number of aromatic amines is 1. The monoisotopic (exact) mass is 281 g/mol. The molecule has 2 unspecified atom stereocenters. The highest BCUT2D eigenvalue weighted by Gasteiger charge is 2.13. The Hall–Kier alpha value is -2.17. The molecule has 3 N–H and O–H groups in total. The summed E-state index contributed by atoms with van der Waals surface area (Å²) in [5.41, 5.74) is 10.4. The zero-order valence-corrected chi connectivity index (χ0v) is 12.2. The maximum absolute atomic E-state index is 6.34. The van der Waals surface area contributed by atoms with Crippen LogP contribution in [0.3, 0.4) is 0 Å². The maximum atomic E-state index is 6.34. The van der Waals surface area contributed by atoms with Gasteiger partial charge in [-0.1, -0.05) is 36.4 Å². The molecule has 1 heterocycles. The second-order valence-corrected chi connectivity index (χ2v) is 5.16. The molecule has 0 radical (unpaired) electrons. The van der Waals surface area contributed by atoms with Crippen LogP contribution in [0.5, 0.6) is 0 Å². The van der Waals surface area contributed by atoms with Crippen LogP contribution in [0.15, 0.2) is 48.5 Å². The van der Waals surface area contributed by atoms with Crippen LogP contribution >= 0.6 is 0 Å². The number of ether oxygens (including phenoxy) is 1. The lowest BCUT2D eigenvalue weighted by molar-refractivity contribution is 0.113. The van der Waals surface area contributed by atoms with Crippen molar-refractivity contribution in [3.63, 3.8) is 0 Å². The number of nitrogens with zero attached hydrogens (tertiary/aromatic N) is 1. The van der Waals surface area contributed by atoms with E-state index in [1.807, 2.05) is 49.4 Å². The van der Waals surface area contributed by atoms with Crippen molar-refractivity contribution in [2.75, 3.05) is 7.11 Å². The Morgan fingerprint density at radius 3 is 2.57 bits per heavy atom. The molecule has 108 valence electrons. The molecule has 0 bridgehead atoms. The average Bonchev–Trinajstić information content (AvgIpc) is 2.97. The van der Waals surface area contributed by atoms with Crippen LogP contribution in [0.4, 0.5) is 0 Å². The quantitative estimate of drug-likeness (QED) is 0.771. The molecule has 2 aromatic carbocycles. The van der Waals surface area contributed by atoms with E-state index in [4.69, 9.17) is 10.5 Å².